The highest BCUT2D eigenvalue weighted by atomic mass is 79.9. The van der Waals surface area contributed by atoms with E-state index in [4.69, 9.17) is 0 Å². The summed E-state index contributed by atoms with van der Waals surface area (Å²) < 4.78 is 37.4. The largest absolute Gasteiger partial charge is 0.433 e. The third-order valence-electron chi connectivity index (χ3n) is 1.31. The van der Waals surface area contributed by atoms with Crippen LogP contribution >= 0.6 is 15.9 Å². The maximum atomic E-state index is 12.2. The summed E-state index contributed by atoms with van der Waals surface area (Å²) in [6, 6.07) is 1.02. The second-order valence-corrected chi connectivity index (χ2v) is 2.79. The second kappa shape index (κ2) is 3.08. The number of alkyl halides is 4. The molecule has 12 heavy (non-hydrogen) atoms. The van der Waals surface area contributed by atoms with E-state index >= 15 is 0 Å². The van der Waals surface area contributed by atoms with Gasteiger partial charge in [0.25, 0.3) is 0 Å². The van der Waals surface area contributed by atoms with E-state index in [1.807, 2.05) is 0 Å². The Morgan fingerprint density at radius 1 is 1.58 bits per heavy atom. The van der Waals surface area contributed by atoms with Crippen molar-refractivity contribution in [2.45, 2.75) is 18.6 Å². The molecule has 6 heteroatoms. The Morgan fingerprint density at radius 2 is 2.17 bits per heavy atom. The number of hydrogen-bond donors (Lipinski definition) is 0. The smallest absolute Gasteiger partial charge is 0.250 e. The van der Waals surface area contributed by atoms with Gasteiger partial charge in [0, 0.05) is 0 Å². The Labute approximate surface area is 75.5 Å². The normalized spacial score (nSPS) is 12.1. The van der Waals surface area contributed by atoms with Crippen LogP contribution in [0.4, 0.5) is 13.2 Å². The molecule has 0 aliphatic carbocycles. The average Bonchev–Trinajstić information content (AvgIpc) is 2.29. The molecule has 0 aliphatic rings. The minimum atomic E-state index is -4.32. The van der Waals surface area contributed by atoms with Crippen LogP contribution in [0.1, 0.15) is 11.4 Å². The van der Waals surface area contributed by atoms with Crippen LogP contribution in [0.2, 0.25) is 0 Å². The van der Waals surface area contributed by atoms with E-state index in [2.05, 4.69) is 21.0 Å². The zero-order chi connectivity index (χ0) is 9.35. The van der Waals surface area contributed by atoms with Crippen LogP contribution in [0.15, 0.2) is 6.07 Å². The molecule has 1 aromatic heterocycles. The van der Waals surface area contributed by atoms with Crippen LogP contribution in [-0.2, 0) is 11.6 Å². The minimum Gasteiger partial charge on any atom is -0.250 e. The summed E-state index contributed by atoms with van der Waals surface area (Å²) in [6.07, 6.45) is -4.32. The molecule has 1 heterocycles. The first kappa shape index (κ1) is 9.57. The SMILES string of the molecule is Cc1cc(C(F)(F)F)n(CBr)n1. The molecule has 68 valence electrons. The first-order valence-corrected chi connectivity index (χ1v) is 4.25. The lowest BCUT2D eigenvalue weighted by atomic mass is 10.4. The molecule has 0 radical (unpaired) electrons. The van der Waals surface area contributed by atoms with E-state index in [1.165, 1.54) is 6.92 Å². The quantitative estimate of drug-likeness (QED) is 0.693. The lowest BCUT2D eigenvalue weighted by molar-refractivity contribution is -0.143. The molecule has 1 rings (SSSR count). The molecule has 1 aromatic rings. The Kier molecular flexibility index (Phi) is 2.46. The Morgan fingerprint density at radius 3 is 2.50 bits per heavy atom. The Balaban J connectivity index is 3.13. The number of aromatic nitrogens is 2. The van der Waals surface area contributed by atoms with Gasteiger partial charge in [-0.1, -0.05) is 15.9 Å². The number of rotatable bonds is 1. The second-order valence-electron chi connectivity index (χ2n) is 2.29. The van der Waals surface area contributed by atoms with E-state index < -0.39 is 11.9 Å². The number of hydrogen-bond acceptors (Lipinski definition) is 1. The van der Waals surface area contributed by atoms with Crippen molar-refractivity contribution in [2.75, 3.05) is 0 Å². The van der Waals surface area contributed by atoms with Gasteiger partial charge in [-0.3, -0.25) is 0 Å². The summed E-state index contributed by atoms with van der Waals surface area (Å²) in [4.78, 5) is 0. The van der Waals surface area contributed by atoms with Gasteiger partial charge in [0.05, 0.1) is 11.1 Å². The third-order valence-corrected chi connectivity index (χ3v) is 1.78. The zero-order valence-electron chi connectivity index (χ0n) is 6.19. The number of nitrogens with zero attached hydrogens (tertiary/aromatic N) is 2. The monoisotopic (exact) mass is 242 g/mol. The van der Waals surface area contributed by atoms with Crippen molar-refractivity contribution in [3.63, 3.8) is 0 Å². The van der Waals surface area contributed by atoms with E-state index in [-0.39, 0.29) is 5.45 Å². The molecule has 0 fully saturated rings. The van der Waals surface area contributed by atoms with Crippen LogP contribution in [0.5, 0.6) is 0 Å². The Hall–Kier alpha value is -0.520. The van der Waals surface area contributed by atoms with Crippen LogP contribution in [0.3, 0.4) is 0 Å². The van der Waals surface area contributed by atoms with Crippen molar-refractivity contribution in [3.05, 3.63) is 17.5 Å². The molecule has 0 aliphatic heterocycles. The van der Waals surface area contributed by atoms with Crippen molar-refractivity contribution in [2.24, 2.45) is 0 Å². The van der Waals surface area contributed by atoms with Gasteiger partial charge in [-0.15, -0.1) is 0 Å². The Bertz CT molecular complexity index is 279. The van der Waals surface area contributed by atoms with E-state index in [1.54, 1.807) is 0 Å². The minimum absolute atomic E-state index is 0.0513. The van der Waals surface area contributed by atoms with E-state index in [0.717, 1.165) is 10.7 Å². The van der Waals surface area contributed by atoms with Crippen molar-refractivity contribution in [1.82, 2.24) is 9.78 Å². The summed E-state index contributed by atoms with van der Waals surface area (Å²) in [5, 5.41) is 3.65. The van der Waals surface area contributed by atoms with Crippen molar-refractivity contribution in [1.29, 1.82) is 0 Å². The summed E-state index contributed by atoms with van der Waals surface area (Å²) in [7, 11) is 0. The van der Waals surface area contributed by atoms with Crippen molar-refractivity contribution < 1.29 is 13.2 Å². The summed E-state index contributed by atoms with van der Waals surface area (Å²) >= 11 is 2.91. The van der Waals surface area contributed by atoms with Crippen LogP contribution in [-0.4, -0.2) is 9.78 Å². The van der Waals surface area contributed by atoms with Gasteiger partial charge in [-0.2, -0.15) is 18.3 Å². The molecule has 0 amide bonds. The van der Waals surface area contributed by atoms with Gasteiger partial charge in [-0.05, 0) is 13.0 Å². The van der Waals surface area contributed by atoms with Gasteiger partial charge < -0.3 is 0 Å². The summed E-state index contributed by atoms with van der Waals surface area (Å²) in [6.45, 7) is 1.52. The molecular weight excluding hydrogens is 237 g/mol. The number of halogens is 4. The van der Waals surface area contributed by atoms with Crippen LogP contribution in [0, 0.1) is 6.92 Å². The predicted octanol–water partition coefficient (Wildman–Crippen LogP) is 2.56. The first-order valence-electron chi connectivity index (χ1n) is 3.12. The molecule has 0 saturated carbocycles. The number of aryl methyl sites for hydroxylation is 1. The zero-order valence-corrected chi connectivity index (χ0v) is 7.78. The highest BCUT2D eigenvalue weighted by Gasteiger charge is 2.35. The van der Waals surface area contributed by atoms with Gasteiger partial charge in [0.2, 0.25) is 0 Å². The van der Waals surface area contributed by atoms with E-state index in [9.17, 15) is 13.2 Å². The molecular formula is C6H6BrF3N2. The van der Waals surface area contributed by atoms with Gasteiger partial charge in [0.1, 0.15) is 5.69 Å². The highest BCUT2D eigenvalue weighted by molar-refractivity contribution is 9.08. The van der Waals surface area contributed by atoms with Crippen molar-refractivity contribution >= 4 is 15.9 Å². The fourth-order valence-corrected chi connectivity index (χ4v) is 1.25. The van der Waals surface area contributed by atoms with Gasteiger partial charge in [-0.25, -0.2) is 4.68 Å². The predicted molar refractivity (Wildman–Crippen MR) is 40.9 cm³/mol. The topological polar surface area (TPSA) is 17.8 Å². The van der Waals surface area contributed by atoms with Crippen molar-refractivity contribution in [3.8, 4) is 0 Å². The highest BCUT2D eigenvalue weighted by Crippen LogP contribution is 2.29. The molecule has 0 N–H and O–H groups in total. The molecule has 0 bridgehead atoms. The molecule has 0 unspecified atom stereocenters. The molecule has 2 nitrogen and oxygen atoms in total. The van der Waals surface area contributed by atoms with Crippen LogP contribution < -0.4 is 0 Å². The maximum absolute atomic E-state index is 12.2. The lowest BCUT2D eigenvalue weighted by Crippen LogP contribution is -2.12. The fourth-order valence-electron chi connectivity index (χ4n) is 0.865. The van der Waals surface area contributed by atoms with E-state index in [0.29, 0.717) is 5.69 Å². The third kappa shape index (κ3) is 1.80. The molecule has 0 aromatic carbocycles. The maximum Gasteiger partial charge on any atom is 0.433 e. The van der Waals surface area contributed by atoms with Crippen LogP contribution in [0.25, 0.3) is 0 Å². The summed E-state index contributed by atoms with van der Waals surface area (Å²) in [5.41, 5.74) is -0.311. The average molecular weight is 243 g/mol. The molecule has 0 spiro atoms. The van der Waals surface area contributed by atoms with Gasteiger partial charge >= 0.3 is 6.18 Å². The van der Waals surface area contributed by atoms with Gasteiger partial charge in [0.15, 0.2) is 0 Å². The summed E-state index contributed by atoms with van der Waals surface area (Å²) in [5.74, 6) is 0. The standard InChI is InChI=1S/C6H6BrF3N2/c1-4-2-5(6(8,9)10)12(3-7)11-4/h2H,3H2,1H3. The fraction of sp³-hybridized carbons (Fsp3) is 0.500. The lowest BCUT2D eigenvalue weighted by Gasteiger charge is -2.06. The first-order chi connectivity index (χ1) is 5.45. The molecule has 0 saturated heterocycles. The molecule has 0 atom stereocenters.